The molecule has 0 aliphatic rings. The van der Waals surface area contributed by atoms with Gasteiger partial charge in [-0.15, -0.1) is 0 Å². The van der Waals surface area contributed by atoms with E-state index in [0.29, 0.717) is 0 Å². The molecule has 0 bridgehead atoms. The van der Waals surface area contributed by atoms with Crippen molar-refractivity contribution in [2.45, 2.75) is 0 Å². The van der Waals surface area contributed by atoms with E-state index in [0.717, 1.165) is 0 Å². The third kappa shape index (κ3) is 74.5. The molecule has 0 aliphatic heterocycles. The van der Waals surface area contributed by atoms with Crippen LogP contribution in [0.2, 0.25) is 0 Å². The van der Waals surface area contributed by atoms with E-state index < -0.39 is 5.09 Å². The SMILES string of the molecule is O=[N+]([O-])[O-].[Hg].[Tl+]. The quantitative estimate of drug-likeness (QED) is 0.271. The van der Waals surface area contributed by atoms with Crippen molar-refractivity contribution in [3.8, 4) is 0 Å². The first kappa shape index (κ1) is 15.7. The predicted molar refractivity (Wildman–Crippen MR) is 16.1 cm³/mol. The molecule has 6 heteroatoms. The summed E-state index contributed by atoms with van der Waals surface area (Å²) in [5.74, 6) is 0. The fraction of sp³-hybridized carbons (Fsp3) is 0. The van der Waals surface area contributed by atoms with Gasteiger partial charge in [0, 0.05) is 27.7 Å². The van der Waals surface area contributed by atoms with Crippen LogP contribution in [0.1, 0.15) is 0 Å². The number of hydrogen-bond acceptors (Lipinski definition) is 3. The molecule has 0 radical (unpaired) electrons. The largest absolute Gasteiger partial charge is 1.00 e. The van der Waals surface area contributed by atoms with Crippen molar-refractivity contribution in [2.75, 3.05) is 0 Å². The number of nitrogens with zero attached hydrogens (tertiary/aromatic N) is 1. The van der Waals surface area contributed by atoms with Gasteiger partial charge in [0.15, 0.2) is 0 Å². The maximum atomic E-state index is 8.25. The van der Waals surface area contributed by atoms with Gasteiger partial charge in [0.05, 0.1) is 5.09 Å². The van der Waals surface area contributed by atoms with Crippen molar-refractivity contribution >= 4 is 27.3 Å². The van der Waals surface area contributed by atoms with E-state index in [1.165, 1.54) is 0 Å². The molecular weight excluding hydrogens is 467 g/mol. The van der Waals surface area contributed by atoms with Crippen LogP contribution in [0.25, 0.3) is 0 Å². The van der Waals surface area contributed by atoms with Gasteiger partial charge in [-0.2, -0.15) is 0 Å². The molecule has 0 saturated carbocycles. The molecule has 6 heavy (non-hydrogen) atoms. The van der Waals surface area contributed by atoms with Crippen LogP contribution in [-0.4, -0.2) is 32.4 Å². The Morgan fingerprint density at radius 2 is 1.33 bits per heavy atom. The molecule has 0 heterocycles. The van der Waals surface area contributed by atoms with Crippen LogP contribution in [-0.2, 0) is 27.7 Å². The summed E-state index contributed by atoms with van der Waals surface area (Å²) in [5.41, 5.74) is 0. The Balaban J connectivity index is -0.0000000450. The monoisotopic (exact) mass is 469 g/mol. The molecule has 0 fully saturated rings. The molecule has 0 aromatic rings. The van der Waals surface area contributed by atoms with Crippen LogP contribution >= 0.6 is 0 Å². The van der Waals surface area contributed by atoms with Crippen LogP contribution in [0, 0.1) is 15.3 Å². The Labute approximate surface area is 74.7 Å². The second-order valence-corrected chi connectivity index (χ2v) is 0.224. The van der Waals surface area contributed by atoms with Gasteiger partial charge in [0.1, 0.15) is 0 Å². The molecule has 0 saturated heterocycles. The average Bonchev–Trinajstić information content (AvgIpc) is 0.811. The van der Waals surface area contributed by atoms with Crippen molar-refractivity contribution in [1.82, 2.24) is 0 Å². The molecule has 0 rings (SSSR count). The predicted octanol–water partition coefficient (Wildman–Crippen LogP) is -0.622. The second kappa shape index (κ2) is 9.41. The standard InChI is InChI=1S/Hg.NO3.Tl/c;2-1(3)4;/q;-1;+1. The molecule has 0 aromatic carbocycles. The number of hydrogen-bond donors (Lipinski definition) is 0. The summed E-state index contributed by atoms with van der Waals surface area (Å²) in [6, 6.07) is 0. The van der Waals surface area contributed by atoms with Crippen LogP contribution in [0.4, 0.5) is 0 Å². The molecule has 0 amide bonds. The maximum Gasteiger partial charge on any atom is 1.00 e. The van der Waals surface area contributed by atoms with E-state index in [1.54, 1.807) is 0 Å². The first-order valence-electron chi connectivity index (χ1n) is 0.548. The molecule has 0 N–H and O–H groups in total. The molecule has 0 atom stereocenters. The minimum atomic E-state index is -1.75. The summed E-state index contributed by atoms with van der Waals surface area (Å²) in [7, 11) is 0. The summed E-state index contributed by atoms with van der Waals surface area (Å²) in [4.78, 5) is 8.25. The Bertz CT molecular complexity index is 33.8. The maximum absolute atomic E-state index is 8.25. The zero-order chi connectivity index (χ0) is 3.58. The Morgan fingerprint density at radius 3 is 1.33 bits per heavy atom. The van der Waals surface area contributed by atoms with Crippen molar-refractivity contribution < 1.29 is 32.8 Å². The molecule has 4 nitrogen and oxygen atoms in total. The third-order valence-electron chi connectivity index (χ3n) is 0. The molecule has 0 unspecified atom stereocenters. The Kier molecular flexibility index (Phi) is 24.7. The second-order valence-electron chi connectivity index (χ2n) is 0.224. The van der Waals surface area contributed by atoms with E-state index in [9.17, 15) is 0 Å². The minimum absolute atomic E-state index is 0. The van der Waals surface area contributed by atoms with E-state index in [2.05, 4.69) is 0 Å². The van der Waals surface area contributed by atoms with Crippen molar-refractivity contribution in [1.29, 1.82) is 0 Å². The zero-order valence-corrected chi connectivity index (χ0v) is 12.9. The fourth-order valence-electron chi connectivity index (χ4n) is 0. The first-order valence-corrected chi connectivity index (χ1v) is 0.548. The van der Waals surface area contributed by atoms with Crippen LogP contribution in [0.3, 0.4) is 0 Å². The van der Waals surface area contributed by atoms with E-state index in [-0.39, 0.29) is 55.0 Å². The fourth-order valence-corrected chi connectivity index (χ4v) is 0. The smallest absolute Gasteiger partial charge is 0.356 e. The van der Waals surface area contributed by atoms with Gasteiger partial charge in [-0.25, -0.2) is 0 Å². The van der Waals surface area contributed by atoms with Crippen LogP contribution in [0.5, 0.6) is 0 Å². The third-order valence-corrected chi connectivity index (χ3v) is 0. The number of rotatable bonds is 0. The van der Waals surface area contributed by atoms with Gasteiger partial charge in [0.2, 0.25) is 0 Å². The summed E-state index contributed by atoms with van der Waals surface area (Å²) in [6.07, 6.45) is 0. The topological polar surface area (TPSA) is 66.2 Å². The summed E-state index contributed by atoms with van der Waals surface area (Å²) < 4.78 is 0. The van der Waals surface area contributed by atoms with E-state index in [1.807, 2.05) is 0 Å². The average molecular weight is 467 g/mol. The summed E-state index contributed by atoms with van der Waals surface area (Å²) in [6.45, 7) is 0. The van der Waals surface area contributed by atoms with Gasteiger partial charge >= 0.3 is 27.3 Å². The first-order chi connectivity index (χ1) is 1.73. The van der Waals surface area contributed by atoms with Gasteiger partial charge in [-0.3, -0.25) is 0 Å². The van der Waals surface area contributed by atoms with E-state index in [4.69, 9.17) is 15.3 Å². The molecule has 0 aromatic heterocycles. The van der Waals surface area contributed by atoms with Gasteiger partial charge in [-0.05, 0) is 0 Å². The van der Waals surface area contributed by atoms with Crippen LogP contribution < -0.4 is 0 Å². The van der Waals surface area contributed by atoms with Crippen molar-refractivity contribution in [2.24, 2.45) is 0 Å². The Hall–Kier alpha value is 1.06. The normalized spacial score (nSPS) is 4.00. The van der Waals surface area contributed by atoms with Crippen LogP contribution in [0.15, 0.2) is 0 Å². The van der Waals surface area contributed by atoms with Gasteiger partial charge in [-0.1, -0.05) is 0 Å². The summed E-state index contributed by atoms with van der Waals surface area (Å²) in [5, 5.41) is 14.8. The molecule has 0 aliphatic carbocycles. The van der Waals surface area contributed by atoms with Gasteiger partial charge in [0.25, 0.3) is 0 Å². The summed E-state index contributed by atoms with van der Waals surface area (Å²) >= 11 is 0. The Morgan fingerprint density at radius 1 is 1.33 bits per heavy atom. The van der Waals surface area contributed by atoms with Crippen molar-refractivity contribution in [3.05, 3.63) is 15.3 Å². The minimum Gasteiger partial charge on any atom is -0.356 e. The molecule has 28 valence electrons. The molecule has 0 spiro atoms. The van der Waals surface area contributed by atoms with Crippen molar-refractivity contribution in [3.63, 3.8) is 0 Å². The van der Waals surface area contributed by atoms with E-state index >= 15 is 0 Å². The zero-order valence-electron chi connectivity index (χ0n) is 2.96. The van der Waals surface area contributed by atoms with Gasteiger partial charge < -0.3 is 15.3 Å². The molecular formula is HgNO3Tl.